The Bertz CT molecular complexity index is 998. The fourth-order valence-corrected chi connectivity index (χ4v) is 2.99. The van der Waals surface area contributed by atoms with E-state index in [-0.39, 0.29) is 22.3 Å². The molecule has 0 bridgehead atoms. The van der Waals surface area contributed by atoms with E-state index in [2.05, 4.69) is 20.9 Å². The van der Waals surface area contributed by atoms with Crippen molar-refractivity contribution in [3.8, 4) is 0 Å². The third-order valence-electron chi connectivity index (χ3n) is 4.03. The molecule has 1 aromatic carbocycles. The van der Waals surface area contributed by atoms with E-state index >= 15 is 0 Å². The molecule has 5 nitrogen and oxygen atoms in total. The normalized spacial score (nSPS) is 12.7. The lowest BCUT2D eigenvalue weighted by molar-refractivity contribution is -0.830. The van der Waals surface area contributed by atoms with E-state index in [1.54, 1.807) is 6.92 Å². The van der Waals surface area contributed by atoms with Crippen LogP contribution in [0.25, 0.3) is 0 Å². The van der Waals surface area contributed by atoms with Crippen molar-refractivity contribution < 1.29 is 50.2 Å². The molecule has 170 valence electrons. The van der Waals surface area contributed by atoms with Gasteiger partial charge in [-0.1, -0.05) is 0 Å². The smallest absolute Gasteiger partial charge is 0.304 e. The van der Waals surface area contributed by atoms with Crippen LogP contribution in [0.15, 0.2) is 28.9 Å². The first-order chi connectivity index (χ1) is 14.1. The molecular formula is C17H13BrF8N3O2+. The number of pyridine rings is 1. The van der Waals surface area contributed by atoms with E-state index in [1.165, 1.54) is 24.7 Å². The fraction of sp³-hybridized carbons (Fsp3) is 0.294. The van der Waals surface area contributed by atoms with E-state index in [1.807, 2.05) is 5.32 Å². The highest BCUT2D eigenvalue weighted by Gasteiger charge is 2.73. The minimum Gasteiger partial charge on any atom is -0.304 e. The van der Waals surface area contributed by atoms with Gasteiger partial charge < -0.3 is 5.32 Å². The summed E-state index contributed by atoms with van der Waals surface area (Å²) >= 11 is 3.12. The topological polar surface area (TPSA) is 67.8 Å². The number of hydrogen-bond donors (Lipinski definition) is 2. The maximum absolute atomic E-state index is 14.1. The van der Waals surface area contributed by atoms with Crippen LogP contribution in [0.2, 0.25) is 0 Å². The predicted octanol–water partition coefficient (Wildman–Crippen LogP) is 4.59. The summed E-state index contributed by atoms with van der Waals surface area (Å²) in [5.41, 5.74) is 0.432. The lowest BCUT2D eigenvalue weighted by Crippen LogP contribution is -2.76. The Balaban J connectivity index is 2.35. The van der Waals surface area contributed by atoms with E-state index in [0.29, 0.717) is 11.3 Å². The molecule has 0 radical (unpaired) electrons. The first kappa shape index (κ1) is 24.9. The number of quaternary nitrogens is 1. The molecule has 14 heteroatoms. The minimum atomic E-state index is -6.59. The average Bonchev–Trinajstić information content (AvgIpc) is 2.64. The van der Waals surface area contributed by atoms with Crippen molar-refractivity contribution in [2.24, 2.45) is 0 Å². The zero-order valence-electron chi connectivity index (χ0n) is 15.6. The molecule has 0 unspecified atom stereocenters. The molecule has 2 aromatic rings. The highest BCUT2D eigenvalue weighted by Crippen LogP contribution is 2.51. The van der Waals surface area contributed by atoms with Gasteiger partial charge >= 0.3 is 18.0 Å². The molecule has 1 aromatic heterocycles. The van der Waals surface area contributed by atoms with Gasteiger partial charge in [0.15, 0.2) is 17.3 Å². The largest absolute Gasteiger partial charge is 0.460 e. The molecule has 0 aliphatic heterocycles. The number of nitrogens with two attached hydrogens (primary N) is 1. The first-order valence-electron chi connectivity index (χ1n) is 8.09. The quantitative estimate of drug-likeness (QED) is 0.331. The van der Waals surface area contributed by atoms with Crippen molar-refractivity contribution in [1.82, 2.24) is 4.98 Å². The van der Waals surface area contributed by atoms with Gasteiger partial charge in [0, 0.05) is 27.9 Å². The third-order valence-corrected chi connectivity index (χ3v) is 4.69. The maximum atomic E-state index is 14.1. The van der Waals surface area contributed by atoms with Gasteiger partial charge in [-0.05, 0) is 35.0 Å². The molecule has 1 amide bonds. The Morgan fingerprint density at radius 2 is 1.74 bits per heavy atom. The van der Waals surface area contributed by atoms with Crippen LogP contribution >= 0.6 is 15.9 Å². The van der Waals surface area contributed by atoms with Crippen molar-refractivity contribution in [1.29, 1.82) is 0 Å². The van der Waals surface area contributed by atoms with E-state index in [9.17, 15) is 39.9 Å². The Morgan fingerprint density at radius 3 is 2.26 bits per heavy atom. The van der Waals surface area contributed by atoms with Crippen LogP contribution in [-0.2, 0) is 10.8 Å². The highest BCUT2D eigenvalue weighted by molar-refractivity contribution is 9.10. The number of aryl methyl sites for hydroxylation is 1. The summed E-state index contributed by atoms with van der Waals surface area (Å²) in [6.45, 7) is 1.70. The van der Waals surface area contributed by atoms with Crippen LogP contribution in [0.5, 0.6) is 0 Å². The second kappa shape index (κ2) is 8.67. The van der Waals surface area contributed by atoms with Gasteiger partial charge in [0.2, 0.25) is 0 Å². The summed E-state index contributed by atoms with van der Waals surface area (Å²) in [6.07, 6.45) is -6.67. The van der Waals surface area contributed by atoms with Crippen LogP contribution in [0.3, 0.4) is 0 Å². The van der Waals surface area contributed by atoms with Crippen LogP contribution in [0, 0.1) is 12.7 Å². The number of alkyl halides is 7. The summed E-state index contributed by atoms with van der Waals surface area (Å²) in [5.74, 6) is -15.9. The summed E-state index contributed by atoms with van der Waals surface area (Å²) in [7, 11) is 1.36. The van der Waals surface area contributed by atoms with Gasteiger partial charge in [-0.25, -0.2) is 14.2 Å². The van der Waals surface area contributed by atoms with Crippen LogP contribution in [0.4, 0.5) is 46.6 Å². The summed E-state index contributed by atoms with van der Waals surface area (Å²) in [6, 6.07) is 2.63. The van der Waals surface area contributed by atoms with Gasteiger partial charge in [-0.3, -0.25) is 4.79 Å². The Labute approximate surface area is 177 Å². The van der Waals surface area contributed by atoms with Gasteiger partial charge in [0.1, 0.15) is 0 Å². The number of anilines is 1. The van der Waals surface area contributed by atoms with Crippen molar-refractivity contribution in [2.75, 3.05) is 12.4 Å². The number of hydrogen-bond acceptors (Lipinski definition) is 3. The molecule has 3 N–H and O–H groups in total. The molecule has 0 saturated carbocycles. The third kappa shape index (κ3) is 4.80. The second-order valence-electron chi connectivity index (χ2n) is 6.20. The van der Waals surface area contributed by atoms with Crippen molar-refractivity contribution >= 4 is 33.3 Å². The Hall–Kier alpha value is -2.32. The molecule has 2 rings (SSSR count). The number of amides is 1. The lowest BCUT2D eigenvalue weighted by Gasteiger charge is -2.28. The van der Waals surface area contributed by atoms with Crippen LogP contribution in [0.1, 0.15) is 21.5 Å². The van der Waals surface area contributed by atoms with Crippen molar-refractivity contribution in [2.45, 2.75) is 24.9 Å². The van der Waals surface area contributed by atoms with E-state index < -0.39 is 41.1 Å². The van der Waals surface area contributed by atoms with E-state index in [0.717, 1.165) is 0 Å². The molecular weight excluding hydrogens is 510 g/mol. The highest BCUT2D eigenvalue weighted by atomic mass is 79.9. The predicted molar refractivity (Wildman–Crippen MR) is 94.5 cm³/mol. The molecule has 0 saturated heterocycles. The number of nitrogens with zero attached hydrogens (tertiary/aromatic N) is 1. The minimum absolute atomic E-state index is 0.0480. The molecule has 0 aliphatic rings. The molecule has 0 fully saturated rings. The zero-order valence-corrected chi connectivity index (χ0v) is 17.1. The number of halogens is 9. The number of benzene rings is 1. The van der Waals surface area contributed by atoms with Gasteiger partial charge in [0.05, 0.1) is 12.7 Å². The number of rotatable bonds is 6. The maximum Gasteiger partial charge on any atom is 0.460 e. The van der Waals surface area contributed by atoms with Crippen molar-refractivity contribution in [3.05, 3.63) is 51.4 Å². The lowest BCUT2D eigenvalue weighted by atomic mass is 10.0. The number of aromatic nitrogens is 1. The number of carbonyl (C=O) groups excluding carboxylic acids is 1. The standard InChI is InChI=1S/C17H12BrF8N3O2/c1-7-3-10(18)9(5-12(7)29-31-2)14(30)28-13-11(19)4-8(6-27-13)15(20,21)16(22,23)17(24,25)26/h3-6,29H,1-2H3,(H,27,28,30)/p+1. The van der Waals surface area contributed by atoms with Gasteiger partial charge in [-0.2, -0.15) is 36.2 Å². The Kier molecular flexibility index (Phi) is 6.97. The average molecular weight is 523 g/mol. The van der Waals surface area contributed by atoms with Crippen LogP contribution in [-0.4, -0.2) is 30.1 Å². The summed E-state index contributed by atoms with van der Waals surface area (Å²) in [4.78, 5) is 20.3. The van der Waals surface area contributed by atoms with E-state index in [4.69, 9.17) is 4.84 Å². The van der Waals surface area contributed by atoms with Crippen LogP contribution < -0.4 is 10.8 Å². The number of carbonyl (C=O) groups is 1. The molecule has 0 spiro atoms. The van der Waals surface area contributed by atoms with Crippen molar-refractivity contribution in [3.63, 3.8) is 0 Å². The Morgan fingerprint density at radius 1 is 1.13 bits per heavy atom. The fourth-order valence-electron chi connectivity index (χ4n) is 2.35. The summed E-state index contributed by atoms with van der Waals surface area (Å²) < 4.78 is 105. The first-order valence-corrected chi connectivity index (χ1v) is 8.88. The molecule has 0 atom stereocenters. The SMILES string of the molecule is CO[NH2+]c1cc(C(=O)Nc2ncc(C(F)(F)C(F)(F)C(F)(F)F)cc2F)c(Br)cc1C. The molecule has 31 heavy (non-hydrogen) atoms. The molecule has 0 aliphatic carbocycles. The monoisotopic (exact) mass is 522 g/mol. The van der Waals surface area contributed by atoms with Gasteiger partial charge in [-0.15, -0.1) is 0 Å². The van der Waals surface area contributed by atoms with Gasteiger partial charge in [0.25, 0.3) is 5.91 Å². The summed E-state index contributed by atoms with van der Waals surface area (Å²) in [5, 5.41) is 1.94. The molecule has 1 heterocycles. The number of nitrogens with one attached hydrogen (secondary N) is 1. The zero-order chi connectivity index (χ0) is 23.8. The second-order valence-corrected chi connectivity index (χ2v) is 7.05.